The highest BCUT2D eigenvalue weighted by Gasteiger charge is 2.14. The fourth-order valence-electron chi connectivity index (χ4n) is 2.69. The van der Waals surface area contributed by atoms with Gasteiger partial charge < -0.3 is 4.90 Å². The minimum Gasteiger partial charge on any atom is -0.378 e. The zero-order valence-electron chi connectivity index (χ0n) is 16.4. The summed E-state index contributed by atoms with van der Waals surface area (Å²) < 4.78 is 0. The maximum Gasteiger partial charge on any atom is 0.247 e. The largest absolute Gasteiger partial charge is 0.378 e. The average Bonchev–Trinajstić information content (AvgIpc) is 2.61. The Balaban J connectivity index is 1.92. The Morgan fingerprint density at radius 2 is 1.65 bits per heavy atom. The summed E-state index contributed by atoms with van der Waals surface area (Å²) in [7, 11) is 4.00. The van der Waals surface area contributed by atoms with Crippen molar-refractivity contribution in [1.82, 2.24) is 5.43 Å². The van der Waals surface area contributed by atoms with Crippen LogP contribution in [0.25, 0.3) is 0 Å². The van der Waals surface area contributed by atoms with E-state index in [9.17, 15) is 4.79 Å². The molecular formula is C22H29N3O. The number of anilines is 1. The zero-order valence-corrected chi connectivity index (χ0v) is 16.4. The first-order chi connectivity index (χ1) is 12.4. The third-order valence-electron chi connectivity index (χ3n) is 4.31. The Hall–Kier alpha value is -2.62. The molecule has 1 amide bonds. The van der Waals surface area contributed by atoms with E-state index in [0.717, 1.165) is 23.2 Å². The topological polar surface area (TPSA) is 44.7 Å². The number of rotatable bonds is 7. The van der Waals surface area contributed by atoms with E-state index in [1.807, 2.05) is 62.3 Å². The van der Waals surface area contributed by atoms with E-state index in [1.54, 1.807) is 6.21 Å². The molecule has 4 heteroatoms. The summed E-state index contributed by atoms with van der Waals surface area (Å²) in [5.41, 5.74) is 7.01. The van der Waals surface area contributed by atoms with E-state index < -0.39 is 0 Å². The average molecular weight is 351 g/mol. The minimum absolute atomic E-state index is 0.109. The van der Waals surface area contributed by atoms with Gasteiger partial charge in [0, 0.05) is 19.8 Å². The molecule has 4 nitrogen and oxygen atoms in total. The molecule has 2 aromatic carbocycles. The number of carbonyl (C=O) groups excluding carboxylic acids is 1. The Labute approximate surface area is 156 Å². The van der Waals surface area contributed by atoms with Gasteiger partial charge in [-0.3, -0.25) is 4.79 Å². The molecule has 0 spiro atoms. The van der Waals surface area contributed by atoms with Crippen LogP contribution in [0.3, 0.4) is 0 Å². The fraction of sp³-hybridized carbons (Fsp3) is 0.364. The maximum atomic E-state index is 12.3. The van der Waals surface area contributed by atoms with Crippen LogP contribution in [0.1, 0.15) is 43.4 Å². The van der Waals surface area contributed by atoms with E-state index >= 15 is 0 Å². The number of amides is 1. The number of hydrogen-bond donors (Lipinski definition) is 1. The second-order valence-corrected chi connectivity index (χ2v) is 7.28. The van der Waals surface area contributed by atoms with E-state index in [4.69, 9.17) is 0 Å². The van der Waals surface area contributed by atoms with Crippen molar-refractivity contribution in [3.63, 3.8) is 0 Å². The summed E-state index contributed by atoms with van der Waals surface area (Å²) >= 11 is 0. The van der Waals surface area contributed by atoms with E-state index in [1.165, 1.54) is 5.56 Å². The molecule has 2 aromatic rings. The summed E-state index contributed by atoms with van der Waals surface area (Å²) in [5.74, 6) is 0.279. The summed E-state index contributed by atoms with van der Waals surface area (Å²) in [4.78, 5) is 14.3. The fourth-order valence-corrected chi connectivity index (χ4v) is 2.69. The quantitative estimate of drug-likeness (QED) is 0.600. The Bertz CT molecular complexity index is 731. The van der Waals surface area contributed by atoms with Gasteiger partial charge in [-0.05, 0) is 48.1 Å². The second kappa shape index (κ2) is 9.18. The molecule has 0 fully saturated rings. The van der Waals surface area contributed by atoms with Crippen LogP contribution < -0.4 is 10.3 Å². The number of hydrogen-bond acceptors (Lipinski definition) is 3. The van der Waals surface area contributed by atoms with Crippen LogP contribution in [0.4, 0.5) is 5.69 Å². The highest BCUT2D eigenvalue weighted by Crippen LogP contribution is 2.17. The summed E-state index contributed by atoms with van der Waals surface area (Å²) in [6.07, 6.45) is 2.72. The van der Waals surface area contributed by atoms with Crippen molar-refractivity contribution < 1.29 is 4.79 Å². The first-order valence-electron chi connectivity index (χ1n) is 9.06. The van der Waals surface area contributed by atoms with Crippen molar-refractivity contribution in [2.75, 3.05) is 19.0 Å². The molecule has 138 valence electrons. The molecule has 0 bridgehead atoms. The van der Waals surface area contributed by atoms with Crippen LogP contribution in [-0.4, -0.2) is 26.2 Å². The lowest BCUT2D eigenvalue weighted by Gasteiger charge is -2.12. The molecule has 0 saturated carbocycles. The van der Waals surface area contributed by atoms with Gasteiger partial charge in [-0.15, -0.1) is 0 Å². The lowest BCUT2D eigenvalue weighted by molar-refractivity contribution is -0.122. The summed E-state index contributed by atoms with van der Waals surface area (Å²) in [6, 6.07) is 16.3. The zero-order chi connectivity index (χ0) is 19.1. The lowest BCUT2D eigenvalue weighted by Crippen LogP contribution is -2.23. The van der Waals surface area contributed by atoms with Gasteiger partial charge in [-0.2, -0.15) is 5.10 Å². The van der Waals surface area contributed by atoms with Crippen molar-refractivity contribution in [2.24, 2.45) is 11.0 Å². The monoisotopic (exact) mass is 351 g/mol. The van der Waals surface area contributed by atoms with Gasteiger partial charge in [0.15, 0.2) is 0 Å². The number of carbonyl (C=O) groups is 1. The normalized spacial score (nSPS) is 12.4. The standard InChI is InChI=1S/C22H29N3O/c1-16(2)14-18-6-10-20(11-7-18)17(3)22(26)24-23-15-19-8-12-21(13-9-19)25(4)5/h6-13,15-17H,14H2,1-5H3,(H,24,26)/b23-15+. The highest BCUT2D eigenvalue weighted by molar-refractivity contribution is 5.86. The van der Waals surface area contributed by atoms with E-state index in [0.29, 0.717) is 5.92 Å². The highest BCUT2D eigenvalue weighted by atomic mass is 16.2. The van der Waals surface area contributed by atoms with Crippen LogP contribution in [0, 0.1) is 5.92 Å². The molecule has 0 aromatic heterocycles. The third kappa shape index (κ3) is 5.73. The van der Waals surface area contributed by atoms with Crippen molar-refractivity contribution in [3.05, 3.63) is 65.2 Å². The molecule has 1 unspecified atom stereocenters. The first kappa shape index (κ1) is 19.7. The molecule has 1 N–H and O–H groups in total. The van der Waals surface area contributed by atoms with Crippen molar-refractivity contribution in [3.8, 4) is 0 Å². The predicted octanol–water partition coefficient (Wildman–Crippen LogP) is 4.20. The van der Waals surface area contributed by atoms with Crippen LogP contribution in [0.15, 0.2) is 53.6 Å². The van der Waals surface area contributed by atoms with Crippen LogP contribution in [0.5, 0.6) is 0 Å². The Kier molecular flexibility index (Phi) is 6.96. The van der Waals surface area contributed by atoms with E-state index in [2.05, 4.69) is 36.5 Å². The number of nitrogens with one attached hydrogen (secondary N) is 1. The number of hydrazone groups is 1. The third-order valence-corrected chi connectivity index (χ3v) is 4.31. The first-order valence-corrected chi connectivity index (χ1v) is 9.06. The molecule has 0 aliphatic heterocycles. The predicted molar refractivity (Wildman–Crippen MR) is 110 cm³/mol. The summed E-state index contributed by atoms with van der Waals surface area (Å²) in [6.45, 7) is 6.31. The molecular weight excluding hydrogens is 322 g/mol. The van der Waals surface area contributed by atoms with Gasteiger partial charge in [0.05, 0.1) is 12.1 Å². The van der Waals surface area contributed by atoms with Gasteiger partial charge in [0.25, 0.3) is 0 Å². The molecule has 2 rings (SSSR count). The maximum absolute atomic E-state index is 12.3. The molecule has 0 heterocycles. The van der Waals surface area contributed by atoms with Crippen LogP contribution in [0.2, 0.25) is 0 Å². The van der Waals surface area contributed by atoms with Crippen LogP contribution >= 0.6 is 0 Å². The van der Waals surface area contributed by atoms with E-state index in [-0.39, 0.29) is 11.8 Å². The van der Waals surface area contributed by atoms with Gasteiger partial charge >= 0.3 is 0 Å². The Morgan fingerprint density at radius 1 is 1.04 bits per heavy atom. The number of benzene rings is 2. The minimum atomic E-state index is -0.239. The van der Waals surface area contributed by atoms with Crippen LogP contribution in [-0.2, 0) is 11.2 Å². The molecule has 1 atom stereocenters. The molecule has 0 aliphatic carbocycles. The smallest absolute Gasteiger partial charge is 0.247 e. The van der Waals surface area contributed by atoms with Crippen molar-refractivity contribution >= 4 is 17.8 Å². The second-order valence-electron chi connectivity index (χ2n) is 7.28. The van der Waals surface area contributed by atoms with Crippen molar-refractivity contribution in [2.45, 2.75) is 33.1 Å². The van der Waals surface area contributed by atoms with Gasteiger partial charge in [0.2, 0.25) is 5.91 Å². The Morgan fingerprint density at radius 3 is 2.19 bits per heavy atom. The lowest BCUT2D eigenvalue weighted by atomic mass is 9.96. The van der Waals surface area contributed by atoms with Gasteiger partial charge in [-0.25, -0.2) is 5.43 Å². The van der Waals surface area contributed by atoms with Crippen molar-refractivity contribution in [1.29, 1.82) is 0 Å². The van der Waals surface area contributed by atoms with Gasteiger partial charge in [-0.1, -0.05) is 50.2 Å². The summed E-state index contributed by atoms with van der Waals surface area (Å²) in [5, 5.41) is 4.08. The molecule has 0 aliphatic rings. The molecule has 0 saturated heterocycles. The number of nitrogens with zero attached hydrogens (tertiary/aromatic N) is 2. The van der Waals surface area contributed by atoms with Gasteiger partial charge in [0.1, 0.15) is 0 Å². The molecule has 0 radical (unpaired) electrons. The molecule has 26 heavy (non-hydrogen) atoms. The SMILES string of the molecule is CC(C)Cc1ccc(C(C)C(=O)N/N=C/c2ccc(N(C)C)cc2)cc1.